The van der Waals surface area contributed by atoms with Gasteiger partial charge < -0.3 is 19.9 Å². The van der Waals surface area contributed by atoms with Crippen LogP contribution in [0.15, 0.2) is 30.3 Å². The molecule has 1 saturated heterocycles. The highest BCUT2D eigenvalue weighted by molar-refractivity contribution is 5.68. The van der Waals surface area contributed by atoms with Gasteiger partial charge in [0.2, 0.25) is 0 Å². The van der Waals surface area contributed by atoms with Crippen molar-refractivity contribution in [3.63, 3.8) is 0 Å². The van der Waals surface area contributed by atoms with Gasteiger partial charge in [-0.15, -0.1) is 0 Å². The summed E-state index contributed by atoms with van der Waals surface area (Å²) in [5.41, 5.74) is 0.381. The molecule has 0 radical (unpaired) electrons. The average Bonchev–Trinajstić information content (AvgIpc) is 3.21. The van der Waals surface area contributed by atoms with Gasteiger partial charge in [-0.2, -0.15) is 0 Å². The largest absolute Gasteiger partial charge is 0.444 e. The molecule has 116 valence electrons. The lowest BCUT2D eigenvalue weighted by atomic mass is 9.99. The van der Waals surface area contributed by atoms with Crippen molar-refractivity contribution < 1.29 is 19.4 Å². The molecule has 0 saturated carbocycles. The number of amides is 1. The number of hydrogen-bond acceptors (Lipinski definition) is 4. The van der Waals surface area contributed by atoms with Gasteiger partial charge >= 0.3 is 6.09 Å². The fraction of sp³-hybridized carbons (Fsp3) is 0.562. The molecule has 0 bridgehead atoms. The fourth-order valence-electron chi connectivity index (χ4n) is 2.08. The lowest BCUT2D eigenvalue weighted by molar-refractivity contribution is 0.0472. The van der Waals surface area contributed by atoms with Crippen LogP contribution >= 0.6 is 0 Å². The maximum absolute atomic E-state index is 12.0. The average molecular weight is 293 g/mol. The number of carbonyl (C=O) groups is 1. The number of nitrogens with one attached hydrogen (secondary N) is 1. The monoisotopic (exact) mass is 293 g/mol. The van der Waals surface area contributed by atoms with E-state index in [1.807, 2.05) is 51.1 Å². The van der Waals surface area contributed by atoms with E-state index in [-0.39, 0.29) is 12.1 Å². The van der Waals surface area contributed by atoms with Crippen LogP contribution in [0.5, 0.6) is 0 Å². The predicted octanol–water partition coefficient (Wildman–Crippen LogP) is 2.40. The summed E-state index contributed by atoms with van der Waals surface area (Å²) in [5.74, 6) is 0. The SMILES string of the molecule is CC(C)(C)OC(=O)NC(CC(O)C1CO1)c1ccccc1. The third-order valence-corrected chi connectivity index (χ3v) is 3.16. The van der Waals surface area contributed by atoms with Crippen LogP contribution in [-0.2, 0) is 9.47 Å². The number of carbonyl (C=O) groups excluding carboxylic acids is 1. The first-order chi connectivity index (χ1) is 9.85. The quantitative estimate of drug-likeness (QED) is 0.818. The number of rotatable bonds is 5. The van der Waals surface area contributed by atoms with Crippen LogP contribution in [0, 0.1) is 0 Å². The van der Waals surface area contributed by atoms with Crippen molar-refractivity contribution in [2.24, 2.45) is 0 Å². The Hall–Kier alpha value is -1.59. The summed E-state index contributed by atoms with van der Waals surface area (Å²) in [5, 5.41) is 12.9. The normalized spacial score (nSPS) is 20.5. The number of aliphatic hydroxyl groups excluding tert-OH is 1. The van der Waals surface area contributed by atoms with Crippen molar-refractivity contribution in [3.8, 4) is 0 Å². The molecule has 0 aliphatic carbocycles. The van der Waals surface area contributed by atoms with Crippen molar-refractivity contribution >= 4 is 6.09 Å². The Balaban J connectivity index is 2.02. The second-order valence-corrected chi connectivity index (χ2v) is 6.28. The Morgan fingerprint density at radius 2 is 2.05 bits per heavy atom. The minimum Gasteiger partial charge on any atom is -0.444 e. The van der Waals surface area contributed by atoms with E-state index in [1.165, 1.54) is 0 Å². The van der Waals surface area contributed by atoms with Gasteiger partial charge in [-0.1, -0.05) is 30.3 Å². The molecule has 1 fully saturated rings. The summed E-state index contributed by atoms with van der Waals surface area (Å²) in [6.45, 7) is 6.03. The van der Waals surface area contributed by atoms with Gasteiger partial charge in [0.25, 0.3) is 0 Å². The van der Waals surface area contributed by atoms with Gasteiger partial charge in [0.1, 0.15) is 11.7 Å². The van der Waals surface area contributed by atoms with E-state index in [0.29, 0.717) is 13.0 Å². The van der Waals surface area contributed by atoms with E-state index >= 15 is 0 Å². The molecule has 0 spiro atoms. The molecule has 1 amide bonds. The van der Waals surface area contributed by atoms with Crippen molar-refractivity contribution in [1.29, 1.82) is 0 Å². The van der Waals surface area contributed by atoms with Crippen molar-refractivity contribution in [2.75, 3.05) is 6.61 Å². The van der Waals surface area contributed by atoms with Gasteiger partial charge in [0.15, 0.2) is 0 Å². The highest BCUT2D eigenvalue weighted by atomic mass is 16.6. The van der Waals surface area contributed by atoms with Crippen molar-refractivity contribution in [2.45, 2.75) is 51.0 Å². The Bertz CT molecular complexity index is 465. The van der Waals surface area contributed by atoms with E-state index in [2.05, 4.69) is 5.32 Å². The fourth-order valence-corrected chi connectivity index (χ4v) is 2.08. The number of aliphatic hydroxyl groups is 1. The number of ether oxygens (including phenoxy) is 2. The maximum atomic E-state index is 12.0. The Morgan fingerprint density at radius 1 is 1.43 bits per heavy atom. The standard InChI is InChI=1S/C16H23NO4/c1-16(2,3)21-15(19)17-12(9-13(18)14-10-20-14)11-7-5-4-6-8-11/h4-8,12-14,18H,9-10H2,1-3H3,(H,17,19). The molecule has 1 heterocycles. The molecule has 1 aromatic rings. The van der Waals surface area contributed by atoms with Crippen LogP contribution in [-0.4, -0.2) is 35.6 Å². The smallest absolute Gasteiger partial charge is 0.408 e. The van der Waals surface area contributed by atoms with E-state index in [4.69, 9.17) is 9.47 Å². The molecular weight excluding hydrogens is 270 g/mol. The van der Waals surface area contributed by atoms with E-state index in [0.717, 1.165) is 5.56 Å². The maximum Gasteiger partial charge on any atom is 0.408 e. The van der Waals surface area contributed by atoms with Crippen molar-refractivity contribution in [3.05, 3.63) is 35.9 Å². The Labute approximate surface area is 125 Å². The molecule has 2 rings (SSSR count). The van der Waals surface area contributed by atoms with E-state index in [1.54, 1.807) is 0 Å². The van der Waals surface area contributed by atoms with Crippen LogP contribution in [0.3, 0.4) is 0 Å². The lowest BCUT2D eigenvalue weighted by Gasteiger charge is -2.25. The third-order valence-electron chi connectivity index (χ3n) is 3.16. The molecule has 5 heteroatoms. The Morgan fingerprint density at radius 3 is 2.57 bits per heavy atom. The zero-order valence-electron chi connectivity index (χ0n) is 12.7. The molecule has 1 aromatic carbocycles. The van der Waals surface area contributed by atoms with Gasteiger partial charge in [-0.25, -0.2) is 4.79 Å². The van der Waals surface area contributed by atoms with Crippen LogP contribution in [0.1, 0.15) is 38.8 Å². The summed E-state index contributed by atoms with van der Waals surface area (Å²) in [6.07, 6.45) is -0.796. The molecule has 5 nitrogen and oxygen atoms in total. The van der Waals surface area contributed by atoms with Crippen LogP contribution in [0.25, 0.3) is 0 Å². The summed E-state index contributed by atoms with van der Waals surface area (Å²) >= 11 is 0. The highest BCUT2D eigenvalue weighted by Gasteiger charge is 2.34. The summed E-state index contributed by atoms with van der Waals surface area (Å²) < 4.78 is 10.4. The summed E-state index contributed by atoms with van der Waals surface area (Å²) in [6, 6.07) is 9.25. The molecule has 2 N–H and O–H groups in total. The number of benzene rings is 1. The molecule has 1 aliphatic heterocycles. The lowest BCUT2D eigenvalue weighted by Crippen LogP contribution is -2.36. The first kappa shape index (κ1) is 15.8. The molecule has 3 unspecified atom stereocenters. The van der Waals surface area contributed by atoms with Gasteiger partial charge in [-0.05, 0) is 26.3 Å². The predicted molar refractivity (Wildman–Crippen MR) is 78.9 cm³/mol. The van der Waals surface area contributed by atoms with Gasteiger partial charge in [0, 0.05) is 6.42 Å². The molecule has 21 heavy (non-hydrogen) atoms. The van der Waals surface area contributed by atoms with Gasteiger partial charge in [-0.3, -0.25) is 0 Å². The van der Waals surface area contributed by atoms with Crippen molar-refractivity contribution in [1.82, 2.24) is 5.32 Å². The third kappa shape index (κ3) is 5.36. The second kappa shape index (κ2) is 6.45. The zero-order chi connectivity index (χ0) is 15.5. The highest BCUT2D eigenvalue weighted by Crippen LogP contribution is 2.25. The first-order valence-electron chi connectivity index (χ1n) is 7.19. The van der Waals surface area contributed by atoms with Gasteiger partial charge in [0.05, 0.1) is 18.8 Å². The topological polar surface area (TPSA) is 71.1 Å². The number of hydrogen-bond donors (Lipinski definition) is 2. The number of epoxide rings is 1. The zero-order valence-corrected chi connectivity index (χ0v) is 12.7. The summed E-state index contributed by atoms with van der Waals surface area (Å²) in [7, 11) is 0. The van der Waals surface area contributed by atoms with E-state index < -0.39 is 17.8 Å². The molecular formula is C16H23NO4. The summed E-state index contributed by atoms with van der Waals surface area (Å²) in [4.78, 5) is 12.0. The second-order valence-electron chi connectivity index (χ2n) is 6.28. The first-order valence-corrected chi connectivity index (χ1v) is 7.19. The Kier molecular flexibility index (Phi) is 4.85. The minimum absolute atomic E-state index is 0.114. The molecule has 0 aromatic heterocycles. The minimum atomic E-state index is -0.592. The molecule has 1 aliphatic rings. The van der Waals surface area contributed by atoms with E-state index in [9.17, 15) is 9.90 Å². The number of alkyl carbamates (subject to hydrolysis) is 1. The van der Waals surface area contributed by atoms with Crippen LogP contribution in [0.2, 0.25) is 0 Å². The molecule has 3 atom stereocenters. The van der Waals surface area contributed by atoms with Crippen LogP contribution in [0.4, 0.5) is 4.79 Å². The van der Waals surface area contributed by atoms with Crippen LogP contribution < -0.4 is 5.32 Å².